The van der Waals surface area contributed by atoms with Crippen LogP contribution >= 0.6 is 0 Å². The van der Waals surface area contributed by atoms with Gasteiger partial charge < -0.3 is 9.64 Å². The van der Waals surface area contributed by atoms with Gasteiger partial charge in [0.15, 0.2) is 0 Å². The number of hydrogen-bond donors (Lipinski definition) is 0. The normalized spacial score (nSPS) is 28.4. The molecule has 0 bridgehead atoms. The lowest BCUT2D eigenvalue weighted by Gasteiger charge is -2.48. The predicted octanol–water partition coefficient (Wildman–Crippen LogP) is 4.06. The van der Waals surface area contributed by atoms with E-state index in [-0.39, 0.29) is 17.6 Å². The summed E-state index contributed by atoms with van der Waals surface area (Å²) >= 11 is 0. The van der Waals surface area contributed by atoms with Crippen LogP contribution in [-0.2, 0) is 16.0 Å². The molecule has 0 unspecified atom stereocenters. The monoisotopic (exact) mass is 394 g/mol. The fraction of sp³-hybridized carbons (Fsp3) is 0.560. The molecule has 1 heterocycles. The Kier molecular flexibility index (Phi) is 5.93. The first-order valence-electron chi connectivity index (χ1n) is 11.0. The van der Waals surface area contributed by atoms with Crippen molar-refractivity contribution in [3.8, 4) is 0 Å². The van der Waals surface area contributed by atoms with Crippen molar-refractivity contribution >= 4 is 11.5 Å². The standard InChI is InChI=1S/C25H34N2O2/c1-4-15-26(2)23-18-25(13-7-16-29-25)14-12-22(23)27(3)24(28)17-20-11-10-19-8-5-6-9-21(19)20/h4-6,8-9,11,22-23H,1,7,10,12-18H2,2-3H3/t22-,23-,25-/m1/s1. The molecule has 2 aliphatic carbocycles. The summed E-state index contributed by atoms with van der Waals surface area (Å²) in [6.07, 6.45) is 11.0. The van der Waals surface area contributed by atoms with Gasteiger partial charge in [-0.25, -0.2) is 0 Å². The first kappa shape index (κ1) is 20.4. The Balaban J connectivity index is 1.47. The lowest BCUT2D eigenvalue weighted by atomic mass is 9.76. The van der Waals surface area contributed by atoms with Gasteiger partial charge >= 0.3 is 0 Å². The summed E-state index contributed by atoms with van der Waals surface area (Å²) in [6, 6.07) is 8.97. The zero-order chi connectivity index (χ0) is 20.4. The Morgan fingerprint density at radius 1 is 1.28 bits per heavy atom. The van der Waals surface area contributed by atoms with Crippen LogP contribution in [0.4, 0.5) is 0 Å². The molecule has 4 heteroatoms. The van der Waals surface area contributed by atoms with Gasteiger partial charge in [0.1, 0.15) is 0 Å². The van der Waals surface area contributed by atoms with E-state index in [9.17, 15) is 4.79 Å². The van der Waals surface area contributed by atoms with Crippen molar-refractivity contribution in [1.82, 2.24) is 9.80 Å². The molecule has 0 radical (unpaired) electrons. The van der Waals surface area contributed by atoms with E-state index in [2.05, 4.69) is 48.9 Å². The van der Waals surface area contributed by atoms with Crippen LogP contribution in [0.15, 0.2) is 43.0 Å². The Hall–Kier alpha value is -1.91. The van der Waals surface area contributed by atoms with Crippen LogP contribution < -0.4 is 0 Å². The molecule has 0 aromatic heterocycles. The molecule has 1 amide bonds. The first-order valence-corrected chi connectivity index (χ1v) is 11.0. The number of allylic oxidation sites excluding steroid dienone is 1. The molecule has 0 N–H and O–H groups in total. The van der Waals surface area contributed by atoms with E-state index in [0.717, 1.165) is 51.7 Å². The summed E-state index contributed by atoms with van der Waals surface area (Å²) < 4.78 is 6.21. The number of carbonyl (C=O) groups excluding carboxylic acids is 1. The molecule has 29 heavy (non-hydrogen) atoms. The average Bonchev–Trinajstić information content (AvgIpc) is 3.35. The molecule has 1 aliphatic heterocycles. The Bertz CT molecular complexity index is 794. The lowest BCUT2D eigenvalue weighted by Crippen LogP contribution is -2.57. The molecular weight excluding hydrogens is 360 g/mol. The van der Waals surface area contributed by atoms with Crippen LogP contribution in [0, 0.1) is 0 Å². The molecule has 1 aromatic carbocycles. The maximum absolute atomic E-state index is 13.3. The number of rotatable bonds is 6. The number of benzene rings is 1. The van der Waals surface area contributed by atoms with Gasteiger partial charge in [0.25, 0.3) is 0 Å². The minimum absolute atomic E-state index is 0.0212. The second-order valence-electron chi connectivity index (χ2n) is 9.01. The highest BCUT2D eigenvalue weighted by atomic mass is 16.5. The summed E-state index contributed by atoms with van der Waals surface area (Å²) in [4.78, 5) is 17.6. The van der Waals surface area contributed by atoms with Crippen molar-refractivity contribution in [3.05, 3.63) is 54.1 Å². The maximum atomic E-state index is 13.3. The first-order chi connectivity index (χ1) is 14.0. The van der Waals surface area contributed by atoms with Gasteiger partial charge in [-0.05, 0) is 62.3 Å². The van der Waals surface area contributed by atoms with Crippen LogP contribution in [0.5, 0.6) is 0 Å². The van der Waals surface area contributed by atoms with E-state index in [0.29, 0.717) is 12.5 Å². The molecule has 156 valence electrons. The van der Waals surface area contributed by atoms with E-state index in [4.69, 9.17) is 4.74 Å². The van der Waals surface area contributed by atoms with Gasteiger partial charge in [0, 0.05) is 32.3 Å². The molecule has 1 saturated heterocycles. The number of amides is 1. The highest BCUT2D eigenvalue weighted by Gasteiger charge is 2.46. The third-order valence-corrected chi connectivity index (χ3v) is 7.25. The largest absolute Gasteiger partial charge is 0.375 e. The predicted molar refractivity (Wildman–Crippen MR) is 118 cm³/mol. The molecule has 1 spiro atoms. The number of likely N-dealkylation sites (N-methyl/N-ethyl adjacent to an activating group) is 2. The van der Waals surface area contributed by atoms with Crippen molar-refractivity contribution in [2.24, 2.45) is 0 Å². The van der Waals surface area contributed by atoms with Gasteiger partial charge in [0.05, 0.1) is 12.0 Å². The zero-order valence-corrected chi connectivity index (χ0v) is 17.9. The number of carbonyl (C=O) groups is 1. The topological polar surface area (TPSA) is 32.8 Å². The molecule has 4 rings (SSSR count). The van der Waals surface area contributed by atoms with Gasteiger partial charge in [-0.15, -0.1) is 6.58 Å². The Morgan fingerprint density at radius 2 is 2.10 bits per heavy atom. The summed E-state index contributed by atoms with van der Waals surface area (Å²) in [6.45, 7) is 5.63. The number of fused-ring (bicyclic) bond motifs is 1. The second-order valence-corrected chi connectivity index (χ2v) is 9.01. The van der Waals surface area contributed by atoms with Crippen molar-refractivity contribution in [1.29, 1.82) is 0 Å². The molecule has 3 atom stereocenters. The minimum atomic E-state index is 0.0212. The van der Waals surface area contributed by atoms with Crippen molar-refractivity contribution in [2.75, 3.05) is 27.2 Å². The van der Waals surface area contributed by atoms with Crippen LogP contribution in [0.25, 0.3) is 5.57 Å². The lowest BCUT2D eigenvalue weighted by molar-refractivity contribution is -0.136. The second kappa shape index (κ2) is 8.45. The van der Waals surface area contributed by atoms with Gasteiger partial charge in [0.2, 0.25) is 5.91 Å². The third kappa shape index (κ3) is 4.06. The summed E-state index contributed by atoms with van der Waals surface area (Å²) in [5, 5.41) is 0. The highest BCUT2D eigenvalue weighted by molar-refractivity contribution is 5.90. The Morgan fingerprint density at radius 3 is 2.86 bits per heavy atom. The quantitative estimate of drug-likeness (QED) is 0.682. The molecule has 1 aromatic rings. The van der Waals surface area contributed by atoms with Crippen LogP contribution in [0.1, 0.15) is 49.7 Å². The molecule has 3 aliphatic rings. The van der Waals surface area contributed by atoms with Crippen molar-refractivity contribution in [2.45, 2.75) is 62.6 Å². The summed E-state index contributed by atoms with van der Waals surface area (Å²) in [5.74, 6) is 0.221. The number of ether oxygens (including phenoxy) is 1. The van der Waals surface area contributed by atoms with Crippen LogP contribution in [0.2, 0.25) is 0 Å². The molecule has 2 fully saturated rings. The maximum Gasteiger partial charge on any atom is 0.227 e. The number of nitrogens with zero attached hydrogens (tertiary/aromatic N) is 2. The van der Waals surface area contributed by atoms with Gasteiger partial charge in [-0.1, -0.05) is 36.4 Å². The fourth-order valence-electron chi connectivity index (χ4n) is 5.57. The van der Waals surface area contributed by atoms with Crippen molar-refractivity contribution in [3.63, 3.8) is 0 Å². The zero-order valence-electron chi connectivity index (χ0n) is 17.9. The SMILES string of the molecule is C=CCN(C)[C@@H]1C[C@@]2(CCCO2)CC[C@H]1N(C)C(=O)CC1=CCc2ccccc21. The van der Waals surface area contributed by atoms with Gasteiger partial charge in [-0.2, -0.15) is 0 Å². The van der Waals surface area contributed by atoms with Crippen LogP contribution in [-0.4, -0.2) is 60.6 Å². The molecular formula is C25H34N2O2. The minimum Gasteiger partial charge on any atom is -0.375 e. The van der Waals surface area contributed by atoms with E-state index < -0.39 is 0 Å². The molecule has 1 saturated carbocycles. The average molecular weight is 395 g/mol. The van der Waals surface area contributed by atoms with E-state index in [1.165, 1.54) is 16.7 Å². The van der Waals surface area contributed by atoms with E-state index >= 15 is 0 Å². The summed E-state index contributed by atoms with van der Waals surface area (Å²) in [5.41, 5.74) is 3.78. The highest BCUT2D eigenvalue weighted by Crippen LogP contribution is 2.42. The van der Waals surface area contributed by atoms with Crippen molar-refractivity contribution < 1.29 is 9.53 Å². The van der Waals surface area contributed by atoms with Gasteiger partial charge in [-0.3, -0.25) is 9.69 Å². The fourth-order valence-corrected chi connectivity index (χ4v) is 5.57. The van der Waals surface area contributed by atoms with Crippen LogP contribution in [0.3, 0.4) is 0 Å². The third-order valence-electron chi connectivity index (χ3n) is 7.25. The number of hydrogen-bond acceptors (Lipinski definition) is 3. The Labute approximate surface area is 175 Å². The smallest absolute Gasteiger partial charge is 0.227 e. The van der Waals surface area contributed by atoms with E-state index in [1.807, 2.05) is 18.0 Å². The molecule has 4 nitrogen and oxygen atoms in total. The van der Waals surface area contributed by atoms with E-state index in [1.54, 1.807) is 0 Å². The summed E-state index contributed by atoms with van der Waals surface area (Å²) in [7, 11) is 4.15.